The number of benzene rings is 2. The molecular formula is C27H29N5O6. The van der Waals surface area contributed by atoms with Gasteiger partial charge in [-0.15, -0.1) is 10.2 Å². The van der Waals surface area contributed by atoms with Crippen LogP contribution in [-0.4, -0.2) is 37.7 Å². The van der Waals surface area contributed by atoms with Crippen LogP contribution in [0.1, 0.15) is 37.1 Å². The molecule has 1 aliphatic rings. The van der Waals surface area contributed by atoms with Crippen LogP contribution in [0.4, 0.5) is 0 Å². The van der Waals surface area contributed by atoms with Gasteiger partial charge in [0.15, 0.2) is 0 Å². The van der Waals surface area contributed by atoms with E-state index < -0.39 is 11.5 Å². The molecule has 1 aliphatic carbocycles. The lowest BCUT2D eigenvalue weighted by molar-refractivity contribution is -0.145. The maximum Gasteiger partial charge on any atom is 0.434 e. The average molecular weight is 520 g/mol. The molecule has 0 aliphatic heterocycles. The first-order valence-corrected chi connectivity index (χ1v) is 12.7. The summed E-state index contributed by atoms with van der Waals surface area (Å²) < 4.78 is 16.1. The van der Waals surface area contributed by atoms with Crippen LogP contribution in [0.2, 0.25) is 0 Å². The molecule has 2 N–H and O–H groups in total. The van der Waals surface area contributed by atoms with Crippen molar-refractivity contribution in [2.24, 2.45) is 17.8 Å². The van der Waals surface area contributed by atoms with Crippen LogP contribution in [-0.2, 0) is 24.2 Å². The highest BCUT2D eigenvalue weighted by atomic mass is 16.5. The van der Waals surface area contributed by atoms with Gasteiger partial charge in [-0.2, -0.15) is 0 Å². The number of aromatic amines is 2. The highest BCUT2D eigenvalue weighted by Gasteiger charge is 2.47. The number of rotatable bonds is 11. The normalized spacial score (nSPS) is 18.6. The van der Waals surface area contributed by atoms with Crippen molar-refractivity contribution in [3.05, 3.63) is 93.0 Å². The largest absolute Gasteiger partial charge is 0.457 e. The standard InChI is InChI=1S/C27H29N5O6/c1-2-12-32(16-17-8-10-20(11-9-17)36-19-6-4-3-5-7-19)25(33)22-13-18(14-23-28-30-26(34)37-23)21(22)15-24-29-31-27(35)38-24/h3-11,18,21-22H,2,12-16H2,1H3,(H,30,34)(H,31,35). The number of nitrogens with one attached hydrogen (secondary N) is 2. The maximum absolute atomic E-state index is 13.7. The Morgan fingerprint density at radius 3 is 2.18 bits per heavy atom. The Labute approximate surface area is 217 Å². The van der Waals surface area contributed by atoms with E-state index in [2.05, 4.69) is 20.4 Å². The molecule has 2 aromatic heterocycles. The maximum atomic E-state index is 13.7. The predicted octanol–water partition coefficient (Wildman–Crippen LogP) is 3.31. The second-order valence-corrected chi connectivity index (χ2v) is 9.51. The first-order chi connectivity index (χ1) is 18.5. The third-order valence-electron chi connectivity index (χ3n) is 6.89. The van der Waals surface area contributed by atoms with Crippen LogP contribution in [0, 0.1) is 17.8 Å². The molecule has 1 saturated carbocycles. The summed E-state index contributed by atoms with van der Waals surface area (Å²) in [5, 5.41) is 12.4. The molecule has 2 heterocycles. The molecule has 3 atom stereocenters. The first kappa shape index (κ1) is 25.2. The Morgan fingerprint density at radius 1 is 0.947 bits per heavy atom. The summed E-state index contributed by atoms with van der Waals surface area (Å²) in [7, 11) is 0. The summed E-state index contributed by atoms with van der Waals surface area (Å²) in [4.78, 5) is 38.4. The lowest BCUT2D eigenvalue weighted by Crippen LogP contribution is -2.49. The Balaban J connectivity index is 1.28. The molecule has 5 rings (SSSR count). The smallest absolute Gasteiger partial charge is 0.434 e. The number of nitrogens with zero attached hydrogens (tertiary/aromatic N) is 3. The minimum atomic E-state index is -0.635. The average Bonchev–Trinajstić information content (AvgIpc) is 3.53. The third kappa shape index (κ3) is 5.93. The molecule has 0 spiro atoms. The molecule has 0 saturated heterocycles. The van der Waals surface area contributed by atoms with E-state index in [0.717, 1.165) is 23.5 Å². The van der Waals surface area contributed by atoms with Crippen molar-refractivity contribution < 1.29 is 18.4 Å². The second kappa shape index (κ2) is 11.3. The van der Waals surface area contributed by atoms with Gasteiger partial charge in [-0.3, -0.25) is 4.79 Å². The minimum Gasteiger partial charge on any atom is -0.457 e. The lowest BCUT2D eigenvalue weighted by Gasteiger charge is -2.45. The molecule has 3 unspecified atom stereocenters. The van der Waals surface area contributed by atoms with Crippen LogP contribution < -0.4 is 16.2 Å². The van der Waals surface area contributed by atoms with Crippen molar-refractivity contribution in [2.75, 3.05) is 6.54 Å². The molecule has 11 nitrogen and oxygen atoms in total. The summed E-state index contributed by atoms with van der Waals surface area (Å²) in [5.74, 6) is 0.424. The van der Waals surface area contributed by atoms with Gasteiger partial charge in [0.05, 0.1) is 0 Å². The molecule has 1 amide bonds. The zero-order valence-corrected chi connectivity index (χ0v) is 21.0. The van der Waals surface area contributed by atoms with Gasteiger partial charge in [0, 0.05) is 31.8 Å². The predicted molar refractivity (Wildman–Crippen MR) is 135 cm³/mol. The van der Waals surface area contributed by atoms with Crippen molar-refractivity contribution in [1.82, 2.24) is 25.3 Å². The summed E-state index contributed by atoms with van der Waals surface area (Å²) in [6, 6.07) is 17.3. The fourth-order valence-corrected chi connectivity index (χ4v) is 5.04. The number of carbonyl (C=O) groups excluding carboxylic acids is 1. The van der Waals surface area contributed by atoms with E-state index >= 15 is 0 Å². The number of ether oxygens (including phenoxy) is 1. The number of para-hydroxylation sites is 1. The van der Waals surface area contributed by atoms with Gasteiger partial charge in [-0.25, -0.2) is 19.8 Å². The van der Waals surface area contributed by atoms with Crippen LogP contribution >= 0.6 is 0 Å². The van der Waals surface area contributed by atoms with Crippen LogP contribution in [0.25, 0.3) is 0 Å². The molecule has 4 aromatic rings. The summed E-state index contributed by atoms with van der Waals surface area (Å²) in [6.07, 6.45) is 2.14. The van der Waals surface area contributed by atoms with Crippen LogP contribution in [0.5, 0.6) is 11.5 Å². The number of H-pyrrole nitrogens is 2. The van der Waals surface area contributed by atoms with Crippen molar-refractivity contribution in [3.8, 4) is 11.5 Å². The van der Waals surface area contributed by atoms with E-state index in [1.54, 1.807) is 0 Å². The Morgan fingerprint density at radius 2 is 1.58 bits per heavy atom. The highest BCUT2D eigenvalue weighted by molar-refractivity contribution is 5.80. The molecule has 11 heteroatoms. The Bertz CT molecular complexity index is 1460. The number of hydrogen-bond donors (Lipinski definition) is 2. The van der Waals surface area contributed by atoms with Crippen molar-refractivity contribution >= 4 is 5.91 Å². The molecule has 2 aromatic carbocycles. The van der Waals surface area contributed by atoms with Gasteiger partial charge in [0.1, 0.15) is 11.5 Å². The van der Waals surface area contributed by atoms with Gasteiger partial charge >= 0.3 is 11.5 Å². The van der Waals surface area contributed by atoms with E-state index in [1.807, 2.05) is 66.4 Å². The van der Waals surface area contributed by atoms with Gasteiger partial charge in [-0.05, 0) is 54.5 Å². The van der Waals surface area contributed by atoms with E-state index in [4.69, 9.17) is 13.6 Å². The molecule has 1 fully saturated rings. The van der Waals surface area contributed by atoms with Gasteiger partial charge in [0.25, 0.3) is 0 Å². The fraction of sp³-hybridized carbons (Fsp3) is 0.370. The second-order valence-electron chi connectivity index (χ2n) is 9.51. The Kier molecular flexibility index (Phi) is 7.52. The zero-order valence-electron chi connectivity index (χ0n) is 21.0. The van der Waals surface area contributed by atoms with Crippen molar-refractivity contribution in [2.45, 2.75) is 39.2 Å². The van der Waals surface area contributed by atoms with Gasteiger partial charge < -0.3 is 18.5 Å². The summed E-state index contributed by atoms with van der Waals surface area (Å²) in [5.41, 5.74) is 0.997. The quantitative estimate of drug-likeness (QED) is 0.307. The van der Waals surface area contributed by atoms with E-state index in [1.165, 1.54) is 0 Å². The molecular weight excluding hydrogens is 490 g/mol. The number of aromatic nitrogens is 4. The third-order valence-corrected chi connectivity index (χ3v) is 6.89. The summed E-state index contributed by atoms with van der Waals surface area (Å²) >= 11 is 0. The van der Waals surface area contributed by atoms with Gasteiger partial charge in [-0.1, -0.05) is 37.3 Å². The number of carbonyl (C=O) groups is 1. The minimum absolute atomic E-state index is 0.0234. The van der Waals surface area contributed by atoms with E-state index in [-0.39, 0.29) is 29.6 Å². The topological polar surface area (TPSA) is 147 Å². The lowest BCUT2D eigenvalue weighted by atomic mass is 9.61. The Hall–Kier alpha value is -4.41. The molecule has 38 heavy (non-hydrogen) atoms. The van der Waals surface area contributed by atoms with E-state index in [9.17, 15) is 14.4 Å². The van der Waals surface area contributed by atoms with Crippen LogP contribution in [0.3, 0.4) is 0 Å². The fourth-order valence-electron chi connectivity index (χ4n) is 5.04. The van der Waals surface area contributed by atoms with E-state index in [0.29, 0.717) is 38.2 Å². The first-order valence-electron chi connectivity index (χ1n) is 12.7. The van der Waals surface area contributed by atoms with Crippen LogP contribution in [0.15, 0.2) is 73.0 Å². The molecule has 0 radical (unpaired) electrons. The monoisotopic (exact) mass is 519 g/mol. The SMILES string of the molecule is CCCN(Cc1ccc(Oc2ccccc2)cc1)C(=O)C1CC(Cc2n[nH]c(=O)o2)C1Cc1n[nH]c(=O)o1. The number of hydrogen-bond acceptors (Lipinski definition) is 8. The highest BCUT2D eigenvalue weighted by Crippen LogP contribution is 2.45. The van der Waals surface area contributed by atoms with Crippen molar-refractivity contribution in [3.63, 3.8) is 0 Å². The molecule has 198 valence electrons. The van der Waals surface area contributed by atoms with Crippen molar-refractivity contribution in [1.29, 1.82) is 0 Å². The zero-order chi connectivity index (χ0) is 26.5. The summed E-state index contributed by atoms with van der Waals surface area (Å²) in [6.45, 7) is 3.12. The van der Waals surface area contributed by atoms with Gasteiger partial charge in [0.2, 0.25) is 17.7 Å². The number of amides is 1. The molecule has 0 bridgehead atoms.